The molecule has 0 saturated carbocycles. The van der Waals surface area contributed by atoms with E-state index in [2.05, 4.69) is 37.3 Å². The van der Waals surface area contributed by atoms with E-state index >= 15 is 0 Å². The number of ether oxygens (including phenoxy) is 1. The van der Waals surface area contributed by atoms with Gasteiger partial charge >= 0.3 is 0 Å². The molecular weight excluding hydrogens is 232 g/mol. The zero-order valence-electron chi connectivity index (χ0n) is 11.3. The third-order valence-corrected chi connectivity index (χ3v) is 2.89. The molecule has 2 aromatic rings. The van der Waals surface area contributed by atoms with E-state index in [1.807, 2.05) is 42.5 Å². The molecule has 0 atom stereocenters. The van der Waals surface area contributed by atoms with Gasteiger partial charge in [-0.15, -0.1) is 0 Å². The summed E-state index contributed by atoms with van der Waals surface area (Å²) in [5.41, 5.74) is 3.57. The molecule has 0 aliphatic rings. The first-order valence-corrected chi connectivity index (χ1v) is 6.34. The Labute approximate surface area is 114 Å². The van der Waals surface area contributed by atoms with Crippen LogP contribution in [0.4, 0.5) is 0 Å². The molecule has 96 valence electrons. The van der Waals surface area contributed by atoms with Crippen LogP contribution in [0.3, 0.4) is 0 Å². The molecule has 0 bridgehead atoms. The van der Waals surface area contributed by atoms with Gasteiger partial charge in [0.2, 0.25) is 0 Å². The Morgan fingerprint density at radius 1 is 0.842 bits per heavy atom. The van der Waals surface area contributed by atoms with Crippen molar-refractivity contribution in [3.8, 4) is 5.75 Å². The van der Waals surface area contributed by atoms with Crippen LogP contribution in [0, 0.1) is 6.92 Å². The van der Waals surface area contributed by atoms with Gasteiger partial charge in [-0.05, 0) is 18.6 Å². The number of rotatable bonds is 4. The van der Waals surface area contributed by atoms with Gasteiger partial charge in [0.1, 0.15) is 5.75 Å². The number of para-hydroxylation sites is 1. The summed E-state index contributed by atoms with van der Waals surface area (Å²) in [5.74, 6) is 0.891. The van der Waals surface area contributed by atoms with Gasteiger partial charge in [-0.2, -0.15) is 0 Å². The number of aryl methyl sites for hydroxylation is 1. The summed E-state index contributed by atoms with van der Waals surface area (Å²) < 4.78 is 5.30. The third kappa shape index (κ3) is 3.85. The van der Waals surface area contributed by atoms with Crippen LogP contribution < -0.4 is 4.74 Å². The molecule has 2 rings (SSSR count). The molecule has 0 unspecified atom stereocenters. The molecule has 0 fully saturated rings. The lowest BCUT2D eigenvalue weighted by molar-refractivity contribution is 0.414. The van der Waals surface area contributed by atoms with Gasteiger partial charge in [-0.3, -0.25) is 0 Å². The second kappa shape index (κ2) is 6.60. The fraction of sp³-hybridized carbons (Fsp3) is 0.111. The summed E-state index contributed by atoms with van der Waals surface area (Å²) in [6, 6.07) is 16.4. The Morgan fingerprint density at radius 3 is 2.26 bits per heavy atom. The Morgan fingerprint density at radius 2 is 1.53 bits per heavy atom. The summed E-state index contributed by atoms with van der Waals surface area (Å²) >= 11 is 0. The predicted molar refractivity (Wildman–Crippen MR) is 82.2 cm³/mol. The van der Waals surface area contributed by atoms with Gasteiger partial charge in [0.25, 0.3) is 0 Å². The van der Waals surface area contributed by atoms with Crippen molar-refractivity contribution in [2.45, 2.75) is 6.92 Å². The number of methoxy groups -OCH3 is 1. The van der Waals surface area contributed by atoms with Gasteiger partial charge in [0.05, 0.1) is 7.11 Å². The summed E-state index contributed by atoms with van der Waals surface area (Å²) in [4.78, 5) is 0. The second-order valence-corrected chi connectivity index (χ2v) is 4.37. The van der Waals surface area contributed by atoms with Crippen LogP contribution in [0.25, 0.3) is 12.2 Å². The minimum absolute atomic E-state index is 0.891. The topological polar surface area (TPSA) is 9.23 Å². The average Bonchev–Trinajstić information content (AvgIpc) is 2.46. The number of hydrogen-bond donors (Lipinski definition) is 0. The highest BCUT2D eigenvalue weighted by molar-refractivity contribution is 5.61. The molecule has 0 saturated heterocycles. The molecule has 0 aliphatic heterocycles. The fourth-order valence-corrected chi connectivity index (χ4v) is 1.81. The van der Waals surface area contributed by atoms with Crippen molar-refractivity contribution in [3.63, 3.8) is 0 Å². The van der Waals surface area contributed by atoms with Crippen molar-refractivity contribution < 1.29 is 4.74 Å². The summed E-state index contributed by atoms with van der Waals surface area (Å²) in [6.45, 7) is 2.09. The Bertz CT molecular complexity index is 577. The Kier molecular flexibility index (Phi) is 4.57. The minimum atomic E-state index is 0.891. The van der Waals surface area contributed by atoms with E-state index in [-0.39, 0.29) is 0 Å². The van der Waals surface area contributed by atoms with Crippen molar-refractivity contribution >= 4 is 12.2 Å². The van der Waals surface area contributed by atoms with E-state index in [4.69, 9.17) is 4.74 Å². The molecule has 1 nitrogen and oxygen atoms in total. The molecule has 0 spiro atoms. The predicted octanol–water partition coefficient (Wildman–Crippen LogP) is 4.73. The lowest BCUT2D eigenvalue weighted by atomic mass is 10.1. The van der Waals surface area contributed by atoms with Crippen LogP contribution in [0.2, 0.25) is 0 Å². The maximum absolute atomic E-state index is 5.30. The molecule has 0 amide bonds. The molecule has 19 heavy (non-hydrogen) atoms. The van der Waals surface area contributed by atoms with E-state index < -0.39 is 0 Å². The van der Waals surface area contributed by atoms with Gasteiger partial charge < -0.3 is 4.74 Å². The molecule has 0 N–H and O–H groups in total. The smallest absolute Gasteiger partial charge is 0.126 e. The number of allylic oxidation sites excluding steroid dienone is 2. The first-order valence-electron chi connectivity index (χ1n) is 6.34. The third-order valence-electron chi connectivity index (χ3n) is 2.89. The standard InChI is InChI=1S/C18H18O/c1-15-11-13-16(14-12-15)7-3-4-8-17-9-5-6-10-18(17)19-2/h3-14H,1-2H3/b7-3+,8-4-. The van der Waals surface area contributed by atoms with Crippen LogP contribution in [0.1, 0.15) is 16.7 Å². The SMILES string of the molecule is COc1ccccc1/C=C\C=C\c1ccc(C)cc1. The molecule has 0 radical (unpaired) electrons. The van der Waals surface area contributed by atoms with Crippen molar-refractivity contribution in [2.24, 2.45) is 0 Å². The zero-order chi connectivity index (χ0) is 13.5. The van der Waals surface area contributed by atoms with Gasteiger partial charge in [0, 0.05) is 5.56 Å². The molecule has 1 heteroatoms. The highest BCUT2D eigenvalue weighted by Gasteiger charge is 1.94. The molecule has 0 aliphatic carbocycles. The normalized spacial score (nSPS) is 11.3. The van der Waals surface area contributed by atoms with Crippen LogP contribution in [0.15, 0.2) is 60.7 Å². The van der Waals surface area contributed by atoms with E-state index in [1.54, 1.807) is 7.11 Å². The summed E-state index contributed by atoms with van der Waals surface area (Å²) in [6.07, 6.45) is 8.20. The summed E-state index contributed by atoms with van der Waals surface area (Å²) in [7, 11) is 1.69. The van der Waals surface area contributed by atoms with E-state index in [0.717, 1.165) is 11.3 Å². The largest absolute Gasteiger partial charge is 0.496 e. The zero-order valence-corrected chi connectivity index (χ0v) is 11.3. The highest BCUT2D eigenvalue weighted by atomic mass is 16.5. The van der Waals surface area contributed by atoms with E-state index in [9.17, 15) is 0 Å². The van der Waals surface area contributed by atoms with Gasteiger partial charge in [-0.1, -0.05) is 72.3 Å². The van der Waals surface area contributed by atoms with Gasteiger partial charge in [0.15, 0.2) is 0 Å². The second-order valence-electron chi connectivity index (χ2n) is 4.37. The summed E-state index contributed by atoms with van der Waals surface area (Å²) in [5, 5.41) is 0. The minimum Gasteiger partial charge on any atom is -0.496 e. The first kappa shape index (κ1) is 13.2. The highest BCUT2D eigenvalue weighted by Crippen LogP contribution is 2.18. The van der Waals surface area contributed by atoms with Crippen LogP contribution in [-0.2, 0) is 0 Å². The quantitative estimate of drug-likeness (QED) is 0.713. The van der Waals surface area contributed by atoms with Crippen molar-refractivity contribution in [1.29, 1.82) is 0 Å². The van der Waals surface area contributed by atoms with Crippen molar-refractivity contribution in [3.05, 3.63) is 77.4 Å². The molecule has 0 heterocycles. The lowest BCUT2D eigenvalue weighted by Crippen LogP contribution is -1.84. The first-order chi connectivity index (χ1) is 9.29. The fourth-order valence-electron chi connectivity index (χ4n) is 1.81. The molecular formula is C18H18O. The van der Waals surface area contributed by atoms with Crippen molar-refractivity contribution in [2.75, 3.05) is 7.11 Å². The lowest BCUT2D eigenvalue weighted by Gasteiger charge is -2.02. The van der Waals surface area contributed by atoms with E-state index in [0.29, 0.717) is 0 Å². The molecule has 0 aromatic heterocycles. The van der Waals surface area contributed by atoms with Crippen molar-refractivity contribution in [1.82, 2.24) is 0 Å². The maximum Gasteiger partial charge on any atom is 0.126 e. The van der Waals surface area contributed by atoms with Crippen LogP contribution >= 0.6 is 0 Å². The number of benzene rings is 2. The average molecular weight is 250 g/mol. The van der Waals surface area contributed by atoms with E-state index in [1.165, 1.54) is 11.1 Å². The Balaban J connectivity index is 2.05. The van der Waals surface area contributed by atoms with Crippen LogP contribution in [0.5, 0.6) is 5.75 Å². The molecule has 2 aromatic carbocycles. The van der Waals surface area contributed by atoms with Gasteiger partial charge in [-0.25, -0.2) is 0 Å². The number of hydrogen-bond acceptors (Lipinski definition) is 1. The van der Waals surface area contributed by atoms with Crippen LogP contribution in [-0.4, -0.2) is 7.11 Å². The monoisotopic (exact) mass is 250 g/mol. The Hall–Kier alpha value is -2.28. The maximum atomic E-state index is 5.30.